The Morgan fingerprint density at radius 3 is 2.64 bits per heavy atom. The zero-order valence-electron chi connectivity index (χ0n) is 13.0. The van der Waals surface area contributed by atoms with Crippen molar-refractivity contribution in [3.8, 4) is 10.4 Å². The Morgan fingerprint density at radius 2 is 2.00 bits per heavy atom. The molecule has 0 spiro atoms. The first kappa shape index (κ1) is 16.2. The van der Waals surface area contributed by atoms with Crippen LogP contribution in [0.3, 0.4) is 0 Å². The number of primary amides is 1. The predicted octanol–water partition coefficient (Wildman–Crippen LogP) is 3.19. The van der Waals surface area contributed by atoms with E-state index in [1.54, 1.807) is 18.3 Å². The summed E-state index contributed by atoms with van der Waals surface area (Å²) >= 11 is 1.71. The van der Waals surface area contributed by atoms with Crippen molar-refractivity contribution in [1.29, 1.82) is 0 Å². The van der Waals surface area contributed by atoms with Crippen LogP contribution in [0.2, 0.25) is 0 Å². The lowest BCUT2D eigenvalue weighted by Crippen LogP contribution is -2.06. The number of carbonyl (C=O) groups is 2. The van der Waals surface area contributed by atoms with E-state index in [1.165, 1.54) is 32.7 Å². The van der Waals surface area contributed by atoms with Gasteiger partial charge in [0.15, 0.2) is 0 Å². The molecule has 5 heteroatoms. The van der Waals surface area contributed by atoms with Crippen molar-refractivity contribution >= 4 is 28.7 Å². The Labute approximate surface area is 134 Å². The van der Waals surface area contributed by atoms with Crippen LogP contribution in [0.5, 0.6) is 0 Å². The molecule has 0 radical (unpaired) electrons. The summed E-state index contributed by atoms with van der Waals surface area (Å²) in [6.07, 6.45) is 2.42. The number of carbonyl (C=O) groups excluding carboxylic acids is 2. The van der Waals surface area contributed by atoms with Gasteiger partial charge in [0.1, 0.15) is 0 Å². The van der Waals surface area contributed by atoms with Crippen LogP contribution < -0.4 is 11.1 Å². The van der Waals surface area contributed by atoms with Crippen LogP contribution in [-0.4, -0.2) is 12.3 Å². The number of hydrogen-bond acceptors (Lipinski definition) is 3. The number of fused-ring (bicyclic) bond motifs is 3. The van der Waals surface area contributed by atoms with E-state index in [-0.39, 0.29) is 12.3 Å². The first-order valence-corrected chi connectivity index (χ1v) is 7.94. The smallest absolute Gasteiger partial charge is 0.221 e. The number of anilines is 1. The fourth-order valence-electron chi connectivity index (χ4n) is 2.72. The van der Waals surface area contributed by atoms with E-state index in [9.17, 15) is 4.79 Å². The second-order valence-electron chi connectivity index (χ2n) is 5.34. The molecule has 1 aliphatic rings. The zero-order chi connectivity index (χ0) is 16.3. The lowest BCUT2D eigenvalue weighted by Gasteiger charge is -2.17. The van der Waals surface area contributed by atoms with Crippen molar-refractivity contribution in [3.63, 3.8) is 0 Å². The molecule has 0 saturated carbocycles. The van der Waals surface area contributed by atoms with Gasteiger partial charge in [-0.05, 0) is 48.9 Å². The summed E-state index contributed by atoms with van der Waals surface area (Å²) in [4.78, 5) is 21.2. The van der Waals surface area contributed by atoms with E-state index in [0.717, 1.165) is 17.8 Å². The highest BCUT2D eigenvalue weighted by Gasteiger charge is 2.22. The molecule has 1 aromatic heterocycles. The molecule has 4 nitrogen and oxygen atoms in total. The minimum Gasteiger partial charge on any atom is -0.372 e. The molecular weight excluding hydrogens is 296 g/mol. The number of amides is 2. The first-order valence-electron chi connectivity index (χ1n) is 7.13. The average molecular weight is 316 g/mol. The predicted molar refractivity (Wildman–Crippen MR) is 91.2 cm³/mol. The highest BCUT2D eigenvalue weighted by molar-refractivity contribution is 7.20. The maximum Gasteiger partial charge on any atom is 0.221 e. The number of aryl methyl sites for hydroxylation is 2. The summed E-state index contributed by atoms with van der Waals surface area (Å²) in [5, 5.41) is 3.96. The van der Waals surface area contributed by atoms with Gasteiger partial charge in [-0.1, -0.05) is 23.8 Å². The third-order valence-electron chi connectivity index (χ3n) is 3.72. The van der Waals surface area contributed by atoms with Gasteiger partial charge in [-0.15, -0.1) is 11.3 Å². The van der Waals surface area contributed by atoms with Crippen LogP contribution in [0, 0.1) is 13.8 Å². The van der Waals surface area contributed by atoms with Gasteiger partial charge in [-0.3, -0.25) is 9.59 Å². The fourth-order valence-corrected chi connectivity index (χ4v) is 4.08. The highest BCUT2D eigenvalue weighted by atomic mass is 32.1. The van der Waals surface area contributed by atoms with Crippen molar-refractivity contribution in [2.75, 3.05) is 5.32 Å². The van der Waals surface area contributed by atoms with E-state index in [2.05, 4.69) is 43.1 Å². The Morgan fingerprint density at radius 1 is 1.32 bits per heavy atom. The van der Waals surface area contributed by atoms with Crippen LogP contribution >= 0.6 is 11.3 Å². The number of hydrogen-bond donors (Lipinski definition) is 2. The van der Waals surface area contributed by atoms with Crippen molar-refractivity contribution in [1.82, 2.24) is 0 Å². The molecule has 1 heterocycles. The minimum atomic E-state index is 0.00571. The SMILES string of the molecule is CC(=O)Nc1sc2c(c1C)CCc1ccc(C)cc1-2.NC=O. The monoisotopic (exact) mass is 316 g/mol. The second-order valence-corrected chi connectivity index (χ2v) is 6.36. The van der Waals surface area contributed by atoms with Crippen molar-refractivity contribution < 1.29 is 9.59 Å². The summed E-state index contributed by atoms with van der Waals surface area (Å²) in [7, 11) is 0. The Balaban J connectivity index is 0.000000545. The molecule has 116 valence electrons. The normalized spacial score (nSPS) is 11.6. The molecule has 2 amide bonds. The summed E-state index contributed by atoms with van der Waals surface area (Å²) < 4.78 is 0. The van der Waals surface area contributed by atoms with Crippen molar-refractivity contribution in [3.05, 3.63) is 40.5 Å². The van der Waals surface area contributed by atoms with Crippen LogP contribution in [-0.2, 0) is 22.4 Å². The number of rotatable bonds is 1. The van der Waals surface area contributed by atoms with Gasteiger partial charge < -0.3 is 11.1 Å². The van der Waals surface area contributed by atoms with Gasteiger partial charge in [-0.25, -0.2) is 0 Å². The molecule has 0 saturated heterocycles. The summed E-state index contributed by atoms with van der Waals surface area (Å²) in [5.74, 6) is 0.00571. The fraction of sp³-hybridized carbons (Fsp3) is 0.294. The number of nitrogens with one attached hydrogen (secondary N) is 1. The minimum absolute atomic E-state index is 0.00571. The molecule has 0 fully saturated rings. The zero-order valence-corrected chi connectivity index (χ0v) is 13.8. The van der Waals surface area contributed by atoms with E-state index >= 15 is 0 Å². The summed E-state index contributed by atoms with van der Waals surface area (Å²) in [6.45, 7) is 5.81. The second kappa shape index (κ2) is 6.75. The third kappa shape index (κ3) is 3.20. The Hall–Kier alpha value is -2.14. The topological polar surface area (TPSA) is 72.2 Å². The molecule has 0 aliphatic heterocycles. The molecule has 22 heavy (non-hydrogen) atoms. The van der Waals surface area contributed by atoms with Gasteiger partial charge in [0, 0.05) is 11.8 Å². The van der Waals surface area contributed by atoms with Crippen molar-refractivity contribution in [2.24, 2.45) is 5.73 Å². The molecule has 1 aliphatic carbocycles. The standard InChI is InChI=1S/C16H17NOS.CH3NO/c1-9-4-5-12-6-7-13-10(2)16(17-11(3)18)19-15(13)14(12)8-9;2-1-3/h4-5,8H,6-7H2,1-3H3,(H,17,18);1H,(H2,2,3). The maximum absolute atomic E-state index is 11.3. The van der Waals surface area contributed by atoms with Gasteiger partial charge in [-0.2, -0.15) is 0 Å². The van der Waals surface area contributed by atoms with Gasteiger partial charge in [0.2, 0.25) is 12.3 Å². The summed E-state index contributed by atoms with van der Waals surface area (Å²) in [6, 6.07) is 6.68. The van der Waals surface area contributed by atoms with Crippen LogP contribution in [0.1, 0.15) is 29.2 Å². The van der Waals surface area contributed by atoms with Crippen LogP contribution in [0.4, 0.5) is 5.00 Å². The highest BCUT2D eigenvalue weighted by Crippen LogP contribution is 2.44. The molecule has 0 bridgehead atoms. The molecule has 0 unspecified atom stereocenters. The quantitative estimate of drug-likeness (QED) is 0.793. The maximum atomic E-state index is 11.3. The Bertz CT molecular complexity index is 720. The van der Waals surface area contributed by atoms with Gasteiger partial charge >= 0.3 is 0 Å². The molecule has 2 aromatic rings. The lowest BCUT2D eigenvalue weighted by molar-refractivity contribution is -0.114. The Kier molecular flexibility index (Phi) is 4.98. The third-order valence-corrected chi connectivity index (χ3v) is 5.00. The van der Waals surface area contributed by atoms with Gasteiger partial charge in [0.25, 0.3) is 0 Å². The number of benzene rings is 1. The number of nitrogens with two attached hydrogens (primary N) is 1. The van der Waals surface area contributed by atoms with E-state index in [0.29, 0.717) is 0 Å². The van der Waals surface area contributed by atoms with E-state index < -0.39 is 0 Å². The molecule has 3 rings (SSSR count). The molecule has 1 aromatic carbocycles. The molecule has 0 atom stereocenters. The molecular formula is C17H20N2O2S. The van der Waals surface area contributed by atoms with Gasteiger partial charge in [0.05, 0.1) is 5.00 Å². The van der Waals surface area contributed by atoms with E-state index in [4.69, 9.17) is 4.79 Å². The van der Waals surface area contributed by atoms with E-state index in [1.807, 2.05) is 0 Å². The average Bonchev–Trinajstić information content (AvgIpc) is 2.76. The first-order chi connectivity index (χ1) is 10.5. The largest absolute Gasteiger partial charge is 0.372 e. The molecule has 3 N–H and O–H groups in total. The van der Waals surface area contributed by atoms with Crippen LogP contribution in [0.15, 0.2) is 18.2 Å². The number of thiophene rings is 1. The van der Waals surface area contributed by atoms with Crippen LogP contribution in [0.25, 0.3) is 10.4 Å². The van der Waals surface area contributed by atoms with Crippen molar-refractivity contribution in [2.45, 2.75) is 33.6 Å². The lowest BCUT2D eigenvalue weighted by atomic mass is 9.89. The summed E-state index contributed by atoms with van der Waals surface area (Å²) in [5.41, 5.74) is 10.9.